The first-order valence-electron chi connectivity index (χ1n) is 8.06. The second-order valence-electron chi connectivity index (χ2n) is 6.20. The van der Waals surface area contributed by atoms with Crippen molar-refractivity contribution in [3.05, 3.63) is 77.9 Å². The highest BCUT2D eigenvalue weighted by molar-refractivity contribution is 6.01. The van der Waals surface area contributed by atoms with Crippen molar-refractivity contribution in [3.63, 3.8) is 0 Å². The Kier molecular flexibility index (Phi) is 3.76. The first kappa shape index (κ1) is 15.4. The van der Waals surface area contributed by atoms with Crippen LogP contribution in [0.4, 0.5) is 4.39 Å². The van der Waals surface area contributed by atoms with Crippen LogP contribution in [0.25, 0.3) is 10.8 Å². The molecule has 0 N–H and O–H groups in total. The highest BCUT2D eigenvalue weighted by atomic mass is 19.1. The van der Waals surface area contributed by atoms with E-state index < -0.39 is 0 Å². The van der Waals surface area contributed by atoms with E-state index in [0.717, 1.165) is 5.39 Å². The first-order chi connectivity index (χ1) is 12.1. The van der Waals surface area contributed by atoms with Crippen LogP contribution in [0, 0.1) is 11.7 Å². The maximum Gasteiger partial charge on any atom is 0.272 e. The van der Waals surface area contributed by atoms with Crippen LogP contribution in [0.5, 0.6) is 0 Å². The third-order valence-corrected chi connectivity index (χ3v) is 4.50. The molecule has 25 heavy (non-hydrogen) atoms. The fourth-order valence-electron chi connectivity index (χ4n) is 3.04. The molecule has 0 aliphatic carbocycles. The van der Waals surface area contributed by atoms with E-state index in [2.05, 4.69) is 4.98 Å². The number of carbonyl (C=O) groups is 2. The van der Waals surface area contributed by atoms with Crippen molar-refractivity contribution in [3.8, 4) is 0 Å². The Morgan fingerprint density at radius 1 is 1.00 bits per heavy atom. The number of hydrogen-bond donors (Lipinski definition) is 0. The fourth-order valence-corrected chi connectivity index (χ4v) is 3.04. The van der Waals surface area contributed by atoms with Crippen molar-refractivity contribution in [1.82, 2.24) is 9.88 Å². The van der Waals surface area contributed by atoms with E-state index in [1.807, 2.05) is 18.2 Å². The van der Waals surface area contributed by atoms with E-state index >= 15 is 0 Å². The molecule has 1 fully saturated rings. The molecule has 0 atom stereocenters. The number of halogens is 1. The van der Waals surface area contributed by atoms with Crippen LogP contribution in [0.3, 0.4) is 0 Å². The van der Waals surface area contributed by atoms with Gasteiger partial charge in [0.05, 0.1) is 5.92 Å². The van der Waals surface area contributed by atoms with Gasteiger partial charge in [0.1, 0.15) is 11.5 Å². The van der Waals surface area contributed by atoms with E-state index in [1.54, 1.807) is 35.4 Å². The van der Waals surface area contributed by atoms with Gasteiger partial charge in [0, 0.05) is 30.2 Å². The molecular weight excluding hydrogens is 319 g/mol. The van der Waals surface area contributed by atoms with E-state index in [4.69, 9.17) is 0 Å². The Labute approximate surface area is 143 Å². The van der Waals surface area contributed by atoms with Crippen LogP contribution in [-0.4, -0.2) is 34.7 Å². The minimum atomic E-state index is -0.352. The summed E-state index contributed by atoms with van der Waals surface area (Å²) in [5, 5.41) is 1.41. The molecule has 0 bridgehead atoms. The molecule has 2 heterocycles. The van der Waals surface area contributed by atoms with Gasteiger partial charge >= 0.3 is 0 Å². The summed E-state index contributed by atoms with van der Waals surface area (Å²) in [6, 6.07) is 15.0. The number of hydrogen-bond acceptors (Lipinski definition) is 3. The number of carbonyl (C=O) groups excluding carboxylic acids is 2. The van der Waals surface area contributed by atoms with E-state index in [9.17, 15) is 14.0 Å². The van der Waals surface area contributed by atoms with Crippen LogP contribution in [0.15, 0.2) is 60.8 Å². The molecule has 1 aliphatic rings. The normalized spacial score (nSPS) is 14.4. The maximum atomic E-state index is 13.4. The van der Waals surface area contributed by atoms with Gasteiger partial charge in [0.15, 0.2) is 5.78 Å². The van der Waals surface area contributed by atoms with Gasteiger partial charge in [-0.2, -0.15) is 0 Å². The van der Waals surface area contributed by atoms with Gasteiger partial charge in [-0.1, -0.05) is 30.3 Å². The Balaban J connectivity index is 1.47. The number of Topliss-reactive ketones (excluding diaryl/α,β-unsaturated/α-hetero) is 1. The van der Waals surface area contributed by atoms with Crippen molar-refractivity contribution in [2.45, 2.75) is 0 Å². The minimum absolute atomic E-state index is 0.0539. The molecule has 124 valence electrons. The average Bonchev–Trinajstić information content (AvgIpc) is 2.60. The summed E-state index contributed by atoms with van der Waals surface area (Å²) in [4.78, 5) is 30.6. The average molecular weight is 334 g/mol. The number of amides is 1. The highest BCUT2D eigenvalue weighted by Gasteiger charge is 2.36. The number of pyridine rings is 1. The summed E-state index contributed by atoms with van der Waals surface area (Å²) < 4.78 is 13.4. The lowest BCUT2D eigenvalue weighted by atomic mass is 9.90. The highest BCUT2D eigenvalue weighted by Crippen LogP contribution is 2.23. The first-order valence-corrected chi connectivity index (χ1v) is 8.06. The molecule has 5 heteroatoms. The third-order valence-electron chi connectivity index (χ3n) is 4.50. The van der Waals surface area contributed by atoms with Crippen molar-refractivity contribution in [1.29, 1.82) is 0 Å². The molecular formula is C20H15FN2O2. The minimum Gasteiger partial charge on any atom is -0.336 e. The summed E-state index contributed by atoms with van der Waals surface area (Å²) in [7, 11) is 0. The predicted octanol–water partition coefficient (Wildman–Crippen LogP) is 3.33. The molecule has 0 unspecified atom stereocenters. The van der Waals surface area contributed by atoms with Crippen LogP contribution in [0.1, 0.15) is 20.8 Å². The monoisotopic (exact) mass is 334 g/mol. The van der Waals surface area contributed by atoms with E-state index in [-0.39, 0.29) is 29.1 Å². The molecule has 3 aromatic rings. The number of benzene rings is 2. The third kappa shape index (κ3) is 2.89. The van der Waals surface area contributed by atoms with Gasteiger partial charge in [0.2, 0.25) is 0 Å². The van der Waals surface area contributed by atoms with Gasteiger partial charge in [-0.05, 0) is 29.7 Å². The van der Waals surface area contributed by atoms with Gasteiger partial charge in [-0.3, -0.25) is 14.6 Å². The lowest BCUT2D eigenvalue weighted by Gasteiger charge is -2.38. The summed E-state index contributed by atoms with van der Waals surface area (Å²) in [6.45, 7) is 0.769. The Morgan fingerprint density at radius 2 is 1.76 bits per heavy atom. The quantitative estimate of drug-likeness (QED) is 0.690. The lowest BCUT2D eigenvalue weighted by molar-refractivity contribution is 0.0458. The van der Waals surface area contributed by atoms with Crippen LogP contribution < -0.4 is 0 Å². The molecule has 0 spiro atoms. The second-order valence-corrected chi connectivity index (χ2v) is 6.20. The molecule has 2 aromatic carbocycles. The summed E-state index contributed by atoms with van der Waals surface area (Å²) >= 11 is 0. The zero-order chi connectivity index (χ0) is 17.4. The number of nitrogens with zero attached hydrogens (tertiary/aromatic N) is 2. The molecule has 1 aliphatic heterocycles. The standard InChI is InChI=1S/C20H15FN2O2/c21-17-7-6-14-10-22-18(9-15(14)8-17)20(25)23-11-16(12-23)19(24)13-4-2-1-3-5-13/h1-10,16H,11-12H2. The molecule has 0 saturated carbocycles. The topological polar surface area (TPSA) is 50.3 Å². The van der Waals surface area contributed by atoms with Gasteiger partial charge in [-0.25, -0.2) is 4.39 Å². The Bertz CT molecular complexity index is 966. The zero-order valence-corrected chi connectivity index (χ0v) is 13.4. The molecule has 0 radical (unpaired) electrons. The summed E-state index contributed by atoms with van der Waals surface area (Å²) in [5.41, 5.74) is 0.933. The van der Waals surface area contributed by atoms with Gasteiger partial charge in [0.25, 0.3) is 5.91 Å². The number of aromatic nitrogens is 1. The maximum absolute atomic E-state index is 13.4. The van der Waals surface area contributed by atoms with Crippen molar-refractivity contribution >= 4 is 22.5 Å². The van der Waals surface area contributed by atoms with Crippen LogP contribution in [0.2, 0.25) is 0 Å². The summed E-state index contributed by atoms with van der Waals surface area (Å²) in [6.07, 6.45) is 1.56. The molecule has 1 amide bonds. The van der Waals surface area contributed by atoms with Crippen LogP contribution >= 0.6 is 0 Å². The van der Waals surface area contributed by atoms with Crippen LogP contribution in [-0.2, 0) is 0 Å². The second kappa shape index (κ2) is 6.09. The largest absolute Gasteiger partial charge is 0.336 e. The number of likely N-dealkylation sites (tertiary alicyclic amines) is 1. The predicted molar refractivity (Wildman–Crippen MR) is 91.9 cm³/mol. The molecule has 1 aromatic heterocycles. The number of fused-ring (bicyclic) bond motifs is 1. The van der Waals surface area contributed by atoms with Crippen molar-refractivity contribution < 1.29 is 14.0 Å². The Hall–Kier alpha value is -3.08. The van der Waals surface area contributed by atoms with E-state index in [1.165, 1.54) is 12.1 Å². The molecule has 4 rings (SSSR count). The van der Waals surface area contributed by atoms with Crippen molar-refractivity contribution in [2.75, 3.05) is 13.1 Å². The fraction of sp³-hybridized carbons (Fsp3) is 0.150. The molecule has 1 saturated heterocycles. The zero-order valence-electron chi connectivity index (χ0n) is 13.4. The van der Waals surface area contributed by atoms with Gasteiger partial charge in [-0.15, -0.1) is 0 Å². The smallest absolute Gasteiger partial charge is 0.272 e. The SMILES string of the molecule is O=C(c1ccccc1)C1CN(C(=O)c2cc3cc(F)ccc3cn2)C1. The number of ketones is 1. The summed E-state index contributed by atoms with van der Waals surface area (Å²) in [5.74, 6) is -0.708. The lowest BCUT2D eigenvalue weighted by Crippen LogP contribution is -2.53. The molecule has 4 nitrogen and oxygen atoms in total. The van der Waals surface area contributed by atoms with Gasteiger partial charge < -0.3 is 4.90 Å². The Morgan fingerprint density at radius 3 is 2.52 bits per heavy atom. The van der Waals surface area contributed by atoms with Crippen molar-refractivity contribution in [2.24, 2.45) is 5.92 Å². The number of rotatable bonds is 3. The van der Waals surface area contributed by atoms with E-state index in [0.29, 0.717) is 24.0 Å².